The van der Waals surface area contributed by atoms with E-state index in [9.17, 15) is 0 Å². The van der Waals surface area contributed by atoms with Crippen molar-refractivity contribution >= 4 is 13.1 Å². The highest BCUT2D eigenvalue weighted by Gasteiger charge is 2.52. The quantitative estimate of drug-likeness (QED) is 0.628. The zero-order valence-corrected chi connectivity index (χ0v) is 19.3. The molecule has 4 aliphatic rings. The number of hydrogen-bond donors (Lipinski definition) is 1. The Labute approximate surface area is 181 Å². The lowest BCUT2D eigenvalue weighted by Gasteiger charge is -2.38. The molecule has 3 aliphatic heterocycles. The van der Waals surface area contributed by atoms with E-state index < -0.39 is 7.44 Å². The number of allylic oxidation sites excluding steroid dienone is 3. The number of nitrogens with zero attached hydrogens (tertiary/aromatic N) is 3. The second-order valence-corrected chi connectivity index (χ2v) is 12.4. The number of para-hydroxylation sites is 1. The number of anilines is 1. The third kappa shape index (κ3) is 3.40. The normalized spacial score (nSPS) is 29.5. The van der Waals surface area contributed by atoms with Crippen LogP contribution in [0.3, 0.4) is 0 Å². The zero-order valence-electron chi connectivity index (χ0n) is 18.4. The van der Waals surface area contributed by atoms with Crippen LogP contribution < -0.4 is 10.2 Å². The molecule has 1 N–H and O–H groups in total. The van der Waals surface area contributed by atoms with Gasteiger partial charge in [0.15, 0.2) is 0 Å². The Morgan fingerprint density at radius 2 is 1.53 bits per heavy atom. The van der Waals surface area contributed by atoms with E-state index in [1.165, 1.54) is 31.4 Å². The molecule has 3 fully saturated rings. The highest BCUT2D eigenvalue weighted by Crippen LogP contribution is 2.69. The van der Waals surface area contributed by atoms with Gasteiger partial charge in [-0.25, -0.2) is 9.45 Å². The van der Waals surface area contributed by atoms with Gasteiger partial charge < -0.3 is 4.90 Å². The van der Waals surface area contributed by atoms with Gasteiger partial charge in [0.25, 0.3) is 7.44 Å². The fourth-order valence-electron chi connectivity index (χ4n) is 5.50. The number of fused-ring (bicyclic) bond motifs is 1. The summed E-state index contributed by atoms with van der Waals surface area (Å²) in [4.78, 5) is 2.53. The number of hydrazine groups is 1. The Morgan fingerprint density at radius 3 is 2.20 bits per heavy atom. The van der Waals surface area contributed by atoms with Gasteiger partial charge in [0, 0.05) is 31.9 Å². The molecule has 3 saturated heterocycles. The zero-order chi connectivity index (χ0) is 20.8. The molecule has 3 heterocycles. The second kappa shape index (κ2) is 7.76. The molecule has 1 aliphatic carbocycles. The summed E-state index contributed by atoms with van der Waals surface area (Å²) in [6.07, 6.45) is 10.5. The average Bonchev–Trinajstić information content (AvgIpc) is 3.26. The van der Waals surface area contributed by atoms with Gasteiger partial charge >= 0.3 is 0 Å². The summed E-state index contributed by atoms with van der Waals surface area (Å²) in [5.41, 5.74) is 7.08. The van der Waals surface area contributed by atoms with Crippen molar-refractivity contribution in [3.05, 3.63) is 53.1 Å². The Hall–Kier alpha value is -1.71. The van der Waals surface area contributed by atoms with E-state index >= 15 is 4.57 Å². The smallest absolute Gasteiger partial charge is 0.290 e. The van der Waals surface area contributed by atoms with E-state index in [0.29, 0.717) is 0 Å². The standard InChI is InChI=1S/C24H35N4OP/c1-24(2)18-21-23(22(19-24)26-14-10-11-15-26)30(29,27-16-8-3-4-9-17-27)28(25-21)20-12-6-5-7-13-20/h5-7,12-13,18,25H,3-4,8-11,14-17,19H2,1-2H3/t30-/m1/s1. The van der Waals surface area contributed by atoms with E-state index in [1.807, 2.05) is 23.0 Å². The van der Waals surface area contributed by atoms with Crippen LogP contribution in [0.4, 0.5) is 5.69 Å². The van der Waals surface area contributed by atoms with Crippen molar-refractivity contribution in [1.29, 1.82) is 0 Å². The molecule has 6 heteroatoms. The molecule has 1 atom stereocenters. The maximum absolute atomic E-state index is 15.3. The highest BCUT2D eigenvalue weighted by atomic mass is 31.2. The minimum atomic E-state index is -2.98. The van der Waals surface area contributed by atoms with Crippen LogP contribution in [0.1, 0.15) is 58.8 Å². The van der Waals surface area contributed by atoms with Crippen LogP contribution in [0, 0.1) is 5.41 Å². The van der Waals surface area contributed by atoms with Crippen LogP contribution in [0.5, 0.6) is 0 Å². The van der Waals surface area contributed by atoms with E-state index in [-0.39, 0.29) is 5.41 Å². The van der Waals surface area contributed by atoms with Gasteiger partial charge in [-0.3, -0.25) is 9.99 Å². The van der Waals surface area contributed by atoms with Gasteiger partial charge in [0.1, 0.15) is 0 Å². The van der Waals surface area contributed by atoms with Crippen LogP contribution in [0.15, 0.2) is 53.1 Å². The molecule has 5 rings (SSSR count). The van der Waals surface area contributed by atoms with E-state index in [0.717, 1.165) is 62.1 Å². The Morgan fingerprint density at radius 1 is 0.900 bits per heavy atom. The number of benzene rings is 1. The predicted octanol–water partition coefficient (Wildman–Crippen LogP) is 5.70. The third-order valence-electron chi connectivity index (χ3n) is 6.93. The first-order valence-corrected chi connectivity index (χ1v) is 13.3. The predicted molar refractivity (Wildman–Crippen MR) is 124 cm³/mol. The van der Waals surface area contributed by atoms with Crippen LogP contribution in [0.2, 0.25) is 0 Å². The van der Waals surface area contributed by atoms with Crippen LogP contribution in [0.25, 0.3) is 0 Å². The number of likely N-dealkylation sites (tertiary alicyclic amines) is 1. The van der Waals surface area contributed by atoms with Crippen molar-refractivity contribution in [3.63, 3.8) is 0 Å². The molecule has 0 spiro atoms. The van der Waals surface area contributed by atoms with Crippen LogP contribution in [-0.2, 0) is 4.57 Å². The van der Waals surface area contributed by atoms with Crippen molar-refractivity contribution in [1.82, 2.24) is 15.0 Å². The molecule has 162 valence electrons. The Bertz CT molecular complexity index is 893. The summed E-state index contributed by atoms with van der Waals surface area (Å²) in [6.45, 7) is 8.61. The van der Waals surface area contributed by atoms with Gasteiger partial charge in [0.2, 0.25) is 0 Å². The summed E-state index contributed by atoms with van der Waals surface area (Å²) in [7, 11) is -2.98. The molecular weight excluding hydrogens is 391 g/mol. The first-order chi connectivity index (χ1) is 14.5. The van der Waals surface area contributed by atoms with Crippen molar-refractivity contribution in [2.24, 2.45) is 5.41 Å². The van der Waals surface area contributed by atoms with Gasteiger partial charge in [0.05, 0.1) is 16.7 Å². The molecule has 0 unspecified atom stereocenters. The number of rotatable bonds is 3. The van der Waals surface area contributed by atoms with Crippen molar-refractivity contribution in [2.45, 2.75) is 58.8 Å². The van der Waals surface area contributed by atoms with E-state index in [4.69, 9.17) is 0 Å². The molecule has 0 bridgehead atoms. The van der Waals surface area contributed by atoms with Gasteiger partial charge in [-0.1, -0.05) is 51.0 Å². The minimum absolute atomic E-state index is 0.0556. The molecule has 5 nitrogen and oxygen atoms in total. The third-order valence-corrected chi connectivity index (χ3v) is 10.1. The number of hydrogen-bond acceptors (Lipinski definition) is 3. The summed E-state index contributed by atoms with van der Waals surface area (Å²) >= 11 is 0. The summed E-state index contributed by atoms with van der Waals surface area (Å²) in [5.74, 6) is 0. The van der Waals surface area contributed by atoms with Gasteiger partial charge in [-0.2, -0.15) is 0 Å². The minimum Gasteiger partial charge on any atom is -0.374 e. The first kappa shape index (κ1) is 20.2. The second-order valence-electron chi connectivity index (χ2n) is 9.88. The maximum atomic E-state index is 15.3. The van der Waals surface area contributed by atoms with Crippen LogP contribution in [-0.4, -0.2) is 35.7 Å². The van der Waals surface area contributed by atoms with Crippen molar-refractivity contribution in [2.75, 3.05) is 31.0 Å². The summed E-state index contributed by atoms with van der Waals surface area (Å²) in [6, 6.07) is 10.3. The van der Waals surface area contributed by atoms with Gasteiger partial charge in [-0.15, -0.1) is 0 Å². The Balaban J connectivity index is 1.69. The summed E-state index contributed by atoms with van der Waals surface area (Å²) < 4.78 is 19.6. The molecule has 1 aromatic rings. The lowest BCUT2D eigenvalue weighted by atomic mass is 9.83. The fourth-order valence-corrected chi connectivity index (χ4v) is 8.74. The van der Waals surface area contributed by atoms with E-state index in [2.05, 4.69) is 47.1 Å². The van der Waals surface area contributed by atoms with Gasteiger partial charge in [-0.05, 0) is 49.7 Å². The van der Waals surface area contributed by atoms with Crippen molar-refractivity contribution < 1.29 is 4.57 Å². The maximum Gasteiger partial charge on any atom is 0.290 e. The monoisotopic (exact) mass is 426 g/mol. The lowest BCUT2D eigenvalue weighted by molar-refractivity contribution is 0.343. The number of nitrogens with one attached hydrogen (secondary N) is 1. The van der Waals surface area contributed by atoms with Crippen LogP contribution >= 0.6 is 7.44 Å². The summed E-state index contributed by atoms with van der Waals surface area (Å²) in [5, 5.41) is 1.09. The molecule has 0 saturated carbocycles. The average molecular weight is 427 g/mol. The Kier molecular flexibility index (Phi) is 5.23. The molecule has 30 heavy (non-hydrogen) atoms. The molecule has 0 radical (unpaired) electrons. The first-order valence-electron chi connectivity index (χ1n) is 11.7. The molecular formula is C24H35N4OP. The SMILES string of the molecule is CC1(C)C=C2NN(c3ccccc3)[P@](=O)(N3CCCCCC3)C2=C(N2CCCC2)C1. The largest absolute Gasteiger partial charge is 0.374 e. The highest BCUT2D eigenvalue weighted by molar-refractivity contribution is 7.68. The fraction of sp³-hybridized carbons (Fsp3) is 0.583. The molecule has 0 amide bonds. The molecule has 1 aromatic carbocycles. The topological polar surface area (TPSA) is 38.8 Å². The lowest BCUT2D eigenvalue weighted by Crippen LogP contribution is -2.34. The van der Waals surface area contributed by atoms with Crippen molar-refractivity contribution in [3.8, 4) is 0 Å². The molecule has 0 aromatic heterocycles. The van der Waals surface area contributed by atoms with E-state index in [1.54, 1.807) is 0 Å².